The van der Waals surface area contributed by atoms with Crippen LogP contribution < -0.4 is 0 Å². The average molecular weight is 222 g/mol. The molecular formula is C15H26O. The standard InChI is InChI=1S/C15H26O/c1-12-5-3-9-15(16-2,10-7-12)14-8-4-6-13(14)11-14/h12-13H,3-11H2,1-2H3. The van der Waals surface area contributed by atoms with Crippen LogP contribution in [0.15, 0.2) is 0 Å². The van der Waals surface area contributed by atoms with E-state index in [1.54, 1.807) is 0 Å². The fraction of sp³-hybridized carbons (Fsp3) is 1.00. The van der Waals surface area contributed by atoms with E-state index in [-0.39, 0.29) is 5.60 Å². The van der Waals surface area contributed by atoms with E-state index in [0.717, 1.165) is 11.8 Å². The summed E-state index contributed by atoms with van der Waals surface area (Å²) >= 11 is 0. The van der Waals surface area contributed by atoms with Gasteiger partial charge in [0.15, 0.2) is 0 Å². The van der Waals surface area contributed by atoms with Crippen LogP contribution in [-0.4, -0.2) is 12.7 Å². The van der Waals surface area contributed by atoms with Crippen LogP contribution in [0.4, 0.5) is 0 Å². The maximum atomic E-state index is 6.14. The van der Waals surface area contributed by atoms with Crippen LogP contribution >= 0.6 is 0 Å². The first kappa shape index (κ1) is 11.1. The van der Waals surface area contributed by atoms with Crippen LogP contribution in [-0.2, 0) is 4.74 Å². The zero-order valence-electron chi connectivity index (χ0n) is 10.9. The normalized spacial score (nSPS) is 52.1. The van der Waals surface area contributed by atoms with E-state index >= 15 is 0 Å². The highest BCUT2D eigenvalue weighted by Crippen LogP contribution is 2.71. The summed E-state index contributed by atoms with van der Waals surface area (Å²) in [6.45, 7) is 2.42. The monoisotopic (exact) mass is 222 g/mol. The van der Waals surface area contributed by atoms with Crippen LogP contribution in [0.5, 0.6) is 0 Å². The van der Waals surface area contributed by atoms with Crippen LogP contribution in [0.25, 0.3) is 0 Å². The Labute approximate surface area is 99.9 Å². The lowest BCUT2D eigenvalue weighted by molar-refractivity contribution is -0.0856. The Morgan fingerprint density at radius 2 is 1.81 bits per heavy atom. The summed E-state index contributed by atoms with van der Waals surface area (Å²) in [4.78, 5) is 0. The Balaban J connectivity index is 1.82. The van der Waals surface area contributed by atoms with E-state index in [2.05, 4.69) is 6.92 Å². The van der Waals surface area contributed by atoms with Crippen molar-refractivity contribution in [2.75, 3.05) is 7.11 Å². The summed E-state index contributed by atoms with van der Waals surface area (Å²) in [5, 5.41) is 0. The van der Waals surface area contributed by atoms with Crippen molar-refractivity contribution in [3.63, 3.8) is 0 Å². The first-order valence-electron chi connectivity index (χ1n) is 7.28. The van der Waals surface area contributed by atoms with Gasteiger partial charge < -0.3 is 4.74 Å². The molecule has 3 aliphatic carbocycles. The number of hydrogen-bond donors (Lipinski definition) is 0. The predicted octanol–water partition coefficient (Wildman–Crippen LogP) is 4.16. The van der Waals surface area contributed by atoms with Gasteiger partial charge in [0.05, 0.1) is 5.60 Å². The largest absolute Gasteiger partial charge is 0.378 e. The number of hydrogen-bond acceptors (Lipinski definition) is 1. The second-order valence-electron chi connectivity index (χ2n) is 6.68. The van der Waals surface area contributed by atoms with Crippen molar-refractivity contribution < 1.29 is 4.74 Å². The third-order valence-corrected chi connectivity index (χ3v) is 6.02. The second-order valence-corrected chi connectivity index (χ2v) is 6.68. The molecule has 3 saturated carbocycles. The molecule has 0 aromatic heterocycles. The fourth-order valence-electron chi connectivity index (χ4n) is 4.91. The maximum absolute atomic E-state index is 6.14. The molecule has 3 fully saturated rings. The van der Waals surface area contributed by atoms with Crippen LogP contribution in [0.3, 0.4) is 0 Å². The number of rotatable bonds is 2. The SMILES string of the molecule is COC1(C23CCCC2C3)CCCC(C)CC1. The summed E-state index contributed by atoms with van der Waals surface area (Å²) in [6, 6.07) is 0. The number of fused-ring (bicyclic) bond motifs is 1. The smallest absolute Gasteiger partial charge is 0.0737 e. The summed E-state index contributed by atoms with van der Waals surface area (Å²) in [6.07, 6.45) is 12.8. The molecule has 1 heteroatoms. The van der Waals surface area contributed by atoms with Crippen molar-refractivity contribution >= 4 is 0 Å². The minimum absolute atomic E-state index is 0.277. The van der Waals surface area contributed by atoms with E-state index in [0.29, 0.717) is 5.41 Å². The summed E-state index contributed by atoms with van der Waals surface area (Å²) < 4.78 is 6.14. The zero-order valence-corrected chi connectivity index (χ0v) is 10.9. The lowest BCUT2D eigenvalue weighted by Crippen LogP contribution is -2.41. The highest BCUT2D eigenvalue weighted by atomic mass is 16.5. The van der Waals surface area contributed by atoms with Gasteiger partial charge in [-0.25, -0.2) is 0 Å². The molecule has 4 unspecified atom stereocenters. The van der Waals surface area contributed by atoms with Gasteiger partial charge in [0.25, 0.3) is 0 Å². The topological polar surface area (TPSA) is 9.23 Å². The highest BCUT2D eigenvalue weighted by molar-refractivity contribution is 5.17. The van der Waals surface area contributed by atoms with Crippen LogP contribution in [0.1, 0.15) is 64.7 Å². The molecule has 0 spiro atoms. The molecule has 4 atom stereocenters. The Kier molecular flexibility index (Phi) is 2.58. The van der Waals surface area contributed by atoms with Crippen molar-refractivity contribution in [2.45, 2.75) is 70.3 Å². The highest BCUT2D eigenvalue weighted by Gasteiger charge is 2.67. The van der Waals surface area contributed by atoms with Crippen LogP contribution in [0.2, 0.25) is 0 Å². The Bertz CT molecular complexity index is 275. The van der Waals surface area contributed by atoms with Gasteiger partial charge in [0.2, 0.25) is 0 Å². The molecule has 0 aromatic carbocycles. The molecule has 16 heavy (non-hydrogen) atoms. The van der Waals surface area contributed by atoms with E-state index in [1.165, 1.54) is 57.8 Å². The number of methoxy groups -OCH3 is 1. The van der Waals surface area contributed by atoms with Crippen molar-refractivity contribution in [1.82, 2.24) is 0 Å². The van der Waals surface area contributed by atoms with Gasteiger partial charge in [-0.3, -0.25) is 0 Å². The van der Waals surface area contributed by atoms with E-state index in [1.807, 2.05) is 7.11 Å². The van der Waals surface area contributed by atoms with Gasteiger partial charge in [-0.2, -0.15) is 0 Å². The van der Waals surface area contributed by atoms with E-state index in [4.69, 9.17) is 4.74 Å². The molecule has 0 aromatic rings. The minimum Gasteiger partial charge on any atom is -0.378 e. The van der Waals surface area contributed by atoms with E-state index in [9.17, 15) is 0 Å². The molecule has 0 radical (unpaired) electrons. The quantitative estimate of drug-likeness (QED) is 0.637. The first-order chi connectivity index (χ1) is 7.72. The summed E-state index contributed by atoms with van der Waals surface area (Å²) in [7, 11) is 1.98. The fourth-order valence-corrected chi connectivity index (χ4v) is 4.91. The van der Waals surface area contributed by atoms with Gasteiger partial charge in [-0.15, -0.1) is 0 Å². The molecule has 3 rings (SSSR count). The molecule has 0 bridgehead atoms. The lowest BCUT2D eigenvalue weighted by atomic mass is 9.76. The first-order valence-corrected chi connectivity index (χ1v) is 7.28. The van der Waals surface area contributed by atoms with Crippen molar-refractivity contribution in [2.24, 2.45) is 17.3 Å². The molecular weight excluding hydrogens is 196 g/mol. The molecule has 0 saturated heterocycles. The lowest BCUT2D eigenvalue weighted by Gasteiger charge is -2.39. The van der Waals surface area contributed by atoms with E-state index < -0.39 is 0 Å². The van der Waals surface area contributed by atoms with Gasteiger partial charge in [0.1, 0.15) is 0 Å². The van der Waals surface area contributed by atoms with Gasteiger partial charge in [0, 0.05) is 12.5 Å². The molecule has 0 aliphatic heterocycles. The molecule has 0 N–H and O–H groups in total. The number of ether oxygens (including phenoxy) is 1. The van der Waals surface area contributed by atoms with Crippen molar-refractivity contribution in [1.29, 1.82) is 0 Å². The zero-order chi connectivity index (χ0) is 11.2. The van der Waals surface area contributed by atoms with Gasteiger partial charge >= 0.3 is 0 Å². The summed E-state index contributed by atoms with van der Waals surface area (Å²) in [5.41, 5.74) is 0.907. The second kappa shape index (κ2) is 3.73. The van der Waals surface area contributed by atoms with Gasteiger partial charge in [-0.05, 0) is 50.4 Å². The summed E-state index contributed by atoms with van der Waals surface area (Å²) in [5.74, 6) is 1.95. The molecule has 0 amide bonds. The molecule has 92 valence electrons. The Morgan fingerprint density at radius 1 is 1.00 bits per heavy atom. The Morgan fingerprint density at radius 3 is 2.44 bits per heavy atom. The minimum atomic E-state index is 0.277. The third-order valence-electron chi connectivity index (χ3n) is 6.02. The molecule has 0 heterocycles. The maximum Gasteiger partial charge on any atom is 0.0737 e. The van der Waals surface area contributed by atoms with Crippen molar-refractivity contribution in [3.8, 4) is 0 Å². The van der Waals surface area contributed by atoms with Crippen molar-refractivity contribution in [3.05, 3.63) is 0 Å². The average Bonchev–Trinajstić information content (AvgIpc) is 2.93. The predicted molar refractivity (Wildman–Crippen MR) is 66.4 cm³/mol. The molecule has 3 aliphatic rings. The molecule has 1 nitrogen and oxygen atoms in total. The Hall–Kier alpha value is -0.0400. The third kappa shape index (κ3) is 1.40. The van der Waals surface area contributed by atoms with Gasteiger partial charge in [-0.1, -0.05) is 26.2 Å². The van der Waals surface area contributed by atoms with Crippen LogP contribution in [0, 0.1) is 17.3 Å².